The zero-order valence-electron chi connectivity index (χ0n) is 14.8. The van der Waals surface area contributed by atoms with Crippen molar-refractivity contribution in [3.05, 3.63) is 59.7 Å². The Balaban J connectivity index is 1.57. The Bertz CT molecular complexity index is 686. The van der Waals surface area contributed by atoms with Crippen molar-refractivity contribution in [3.63, 3.8) is 0 Å². The first-order chi connectivity index (χ1) is 12.1. The fourth-order valence-electron chi connectivity index (χ4n) is 3.48. The molecule has 4 heteroatoms. The first-order valence-electron chi connectivity index (χ1n) is 8.96. The molecule has 0 unspecified atom stereocenters. The van der Waals surface area contributed by atoms with Crippen molar-refractivity contribution in [1.29, 1.82) is 0 Å². The van der Waals surface area contributed by atoms with E-state index in [4.69, 9.17) is 15.2 Å². The van der Waals surface area contributed by atoms with Crippen LogP contribution in [-0.2, 0) is 6.61 Å². The number of hydrogen-bond acceptors (Lipinski definition) is 4. The van der Waals surface area contributed by atoms with Gasteiger partial charge in [0.05, 0.1) is 13.2 Å². The molecule has 1 fully saturated rings. The molecule has 1 saturated carbocycles. The lowest BCUT2D eigenvalue weighted by atomic mass is 9.94. The molecule has 134 valence electrons. The Morgan fingerprint density at radius 2 is 1.92 bits per heavy atom. The van der Waals surface area contributed by atoms with Gasteiger partial charge in [-0.3, -0.25) is 0 Å². The van der Waals surface area contributed by atoms with Gasteiger partial charge in [-0.1, -0.05) is 24.3 Å². The molecule has 0 radical (unpaired) electrons. The molecule has 0 aromatic heterocycles. The lowest BCUT2D eigenvalue weighted by Crippen LogP contribution is -2.40. The molecule has 0 spiro atoms. The molecule has 2 atom stereocenters. The Morgan fingerprint density at radius 1 is 1.12 bits per heavy atom. The van der Waals surface area contributed by atoms with E-state index >= 15 is 0 Å². The standard InChI is InChI=1S/C21H27NO3/c1-2-24-20-5-3-4-16(12-20)14-25-19-8-6-17(7-9-19)18-10-11-21(22,13-18)15-23/h3-9,12,18,23H,2,10-11,13-15,22H2,1H3/t18-,21+/m1/s1. The lowest BCUT2D eigenvalue weighted by molar-refractivity contribution is 0.198. The smallest absolute Gasteiger partial charge is 0.119 e. The van der Waals surface area contributed by atoms with Crippen LogP contribution in [0, 0.1) is 0 Å². The van der Waals surface area contributed by atoms with Crippen LogP contribution in [0.5, 0.6) is 11.5 Å². The average Bonchev–Trinajstić information content (AvgIpc) is 3.04. The van der Waals surface area contributed by atoms with Gasteiger partial charge in [0.1, 0.15) is 18.1 Å². The molecule has 4 nitrogen and oxygen atoms in total. The van der Waals surface area contributed by atoms with E-state index in [2.05, 4.69) is 12.1 Å². The Morgan fingerprint density at radius 3 is 2.60 bits per heavy atom. The first-order valence-corrected chi connectivity index (χ1v) is 8.96. The highest BCUT2D eigenvalue weighted by Gasteiger charge is 2.35. The maximum absolute atomic E-state index is 9.41. The van der Waals surface area contributed by atoms with E-state index in [1.54, 1.807) is 0 Å². The van der Waals surface area contributed by atoms with E-state index in [1.165, 1.54) is 5.56 Å². The molecule has 3 rings (SSSR count). The van der Waals surface area contributed by atoms with Crippen LogP contribution in [0.1, 0.15) is 43.2 Å². The molecule has 0 aliphatic heterocycles. The number of nitrogens with two attached hydrogens (primary N) is 1. The molecule has 0 bridgehead atoms. The Labute approximate surface area is 149 Å². The summed E-state index contributed by atoms with van der Waals surface area (Å²) in [5.41, 5.74) is 8.12. The molecule has 2 aromatic rings. The summed E-state index contributed by atoms with van der Waals surface area (Å²) in [5, 5.41) is 9.41. The van der Waals surface area contributed by atoms with E-state index in [1.807, 2.05) is 43.3 Å². The zero-order chi connectivity index (χ0) is 17.7. The highest BCUT2D eigenvalue weighted by Crippen LogP contribution is 2.39. The molecule has 3 N–H and O–H groups in total. The van der Waals surface area contributed by atoms with E-state index in [-0.39, 0.29) is 6.61 Å². The summed E-state index contributed by atoms with van der Waals surface area (Å²) in [7, 11) is 0. The van der Waals surface area contributed by atoms with Crippen molar-refractivity contribution in [2.45, 2.75) is 44.2 Å². The molecular weight excluding hydrogens is 314 g/mol. The van der Waals surface area contributed by atoms with Crippen LogP contribution in [0.4, 0.5) is 0 Å². The number of rotatable bonds is 7. The molecular formula is C21H27NO3. The van der Waals surface area contributed by atoms with Gasteiger partial charge in [-0.05, 0) is 67.5 Å². The number of ether oxygens (including phenoxy) is 2. The van der Waals surface area contributed by atoms with Crippen molar-refractivity contribution >= 4 is 0 Å². The second kappa shape index (κ2) is 7.89. The summed E-state index contributed by atoms with van der Waals surface area (Å²) < 4.78 is 11.4. The topological polar surface area (TPSA) is 64.7 Å². The zero-order valence-corrected chi connectivity index (χ0v) is 14.8. The second-order valence-electron chi connectivity index (χ2n) is 6.90. The monoisotopic (exact) mass is 341 g/mol. The summed E-state index contributed by atoms with van der Waals surface area (Å²) in [4.78, 5) is 0. The maximum atomic E-state index is 9.41. The minimum absolute atomic E-state index is 0.0610. The molecule has 0 heterocycles. The summed E-state index contributed by atoms with van der Waals surface area (Å²) in [5.74, 6) is 2.15. The molecule has 25 heavy (non-hydrogen) atoms. The first kappa shape index (κ1) is 17.8. The Hall–Kier alpha value is -2.04. The molecule has 2 aromatic carbocycles. The molecule has 1 aliphatic rings. The maximum Gasteiger partial charge on any atom is 0.119 e. The van der Waals surface area contributed by atoms with Crippen molar-refractivity contribution in [3.8, 4) is 11.5 Å². The largest absolute Gasteiger partial charge is 0.494 e. The van der Waals surface area contributed by atoms with Gasteiger partial charge in [0.15, 0.2) is 0 Å². The van der Waals surface area contributed by atoms with Crippen LogP contribution >= 0.6 is 0 Å². The second-order valence-corrected chi connectivity index (χ2v) is 6.90. The van der Waals surface area contributed by atoms with Crippen LogP contribution < -0.4 is 15.2 Å². The van der Waals surface area contributed by atoms with E-state index < -0.39 is 5.54 Å². The van der Waals surface area contributed by atoms with Gasteiger partial charge in [0, 0.05) is 5.54 Å². The minimum Gasteiger partial charge on any atom is -0.494 e. The van der Waals surface area contributed by atoms with E-state index in [0.29, 0.717) is 19.1 Å². The number of aliphatic hydroxyl groups excluding tert-OH is 1. The van der Waals surface area contributed by atoms with Gasteiger partial charge in [0.2, 0.25) is 0 Å². The normalized spacial score (nSPS) is 22.8. The van der Waals surface area contributed by atoms with Gasteiger partial charge < -0.3 is 20.3 Å². The number of hydrogen-bond donors (Lipinski definition) is 2. The summed E-state index contributed by atoms with van der Waals surface area (Å²) in [6, 6.07) is 16.2. The van der Waals surface area contributed by atoms with Crippen molar-refractivity contribution in [1.82, 2.24) is 0 Å². The number of benzene rings is 2. The summed E-state index contributed by atoms with van der Waals surface area (Å²) >= 11 is 0. The van der Waals surface area contributed by atoms with Gasteiger partial charge in [-0.2, -0.15) is 0 Å². The summed E-state index contributed by atoms with van der Waals surface area (Å²) in [6.07, 6.45) is 2.75. The van der Waals surface area contributed by atoms with Gasteiger partial charge in [0.25, 0.3) is 0 Å². The third-order valence-electron chi connectivity index (χ3n) is 4.92. The van der Waals surface area contributed by atoms with E-state index in [9.17, 15) is 5.11 Å². The third-order valence-corrected chi connectivity index (χ3v) is 4.92. The molecule has 0 saturated heterocycles. The Kier molecular flexibility index (Phi) is 5.61. The quantitative estimate of drug-likeness (QED) is 0.807. The SMILES string of the molecule is CCOc1cccc(COc2ccc([C@@H]3CC[C@@](N)(CO)C3)cc2)c1. The van der Waals surface area contributed by atoms with Crippen LogP contribution in [0.3, 0.4) is 0 Å². The fraction of sp³-hybridized carbons (Fsp3) is 0.429. The van der Waals surface area contributed by atoms with Crippen LogP contribution in [-0.4, -0.2) is 23.9 Å². The summed E-state index contributed by atoms with van der Waals surface area (Å²) in [6.45, 7) is 3.21. The van der Waals surface area contributed by atoms with Crippen LogP contribution in [0.2, 0.25) is 0 Å². The highest BCUT2D eigenvalue weighted by molar-refractivity contribution is 5.32. The minimum atomic E-state index is -0.411. The predicted molar refractivity (Wildman–Crippen MR) is 99.0 cm³/mol. The third kappa shape index (κ3) is 4.53. The van der Waals surface area contributed by atoms with Crippen molar-refractivity contribution in [2.75, 3.05) is 13.2 Å². The fourth-order valence-corrected chi connectivity index (χ4v) is 3.48. The highest BCUT2D eigenvalue weighted by atomic mass is 16.5. The molecule has 1 aliphatic carbocycles. The van der Waals surface area contributed by atoms with Crippen molar-refractivity contribution < 1.29 is 14.6 Å². The predicted octanol–water partition coefficient (Wildman–Crippen LogP) is 3.62. The van der Waals surface area contributed by atoms with Gasteiger partial charge in [-0.15, -0.1) is 0 Å². The van der Waals surface area contributed by atoms with Gasteiger partial charge >= 0.3 is 0 Å². The van der Waals surface area contributed by atoms with Crippen LogP contribution in [0.25, 0.3) is 0 Å². The lowest BCUT2D eigenvalue weighted by Gasteiger charge is -2.21. The van der Waals surface area contributed by atoms with Crippen molar-refractivity contribution in [2.24, 2.45) is 5.73 Å². The molecule has 0 amide bonds. The average molecular weight is 341 g/mol. The number of aliphatic hydroxyl groups is 1. The van der Waals surface area contributed by atoms with E-state index in [0.717, 1.165) is 36.3 Å². The van der Waals surface area contributed by atoms with Gasteiger partial charge in [-0.25, -0.2) is 0 Å². The van der Waals surface area contributed by atoms with Crippen LogP contribution in [0.15, 0.2) is 48.5 Å².